The molecule has 0 amide bonds. The van der Waals surface area contributed by atoms with E-state index in [2.05, 4.69) is 0 Å². The summed E-state index contributed by atoms with van der Waals surface area (Å²) in [5, 5.41) is 8.51. The topological polar surface area (TPSA) is 49.8 Å². The summed E-state index contributed by atoms with van der Waals surface area (Å²) in [5.41, 5.74) is 5.40. The summed E-state index contributed by atoms with van der Waals surface area (Å²) in [7, 11) is 0. The van der Waals surface area contributed by atoms with E-state index in [4.69, 9.17) is 42.4 Å². The van der Waals surface area contributed by atoms with Crippen LogP contribution in [0.5, 0.6) is 0 Å². The van der Waals surface area contributed by atoms with Crippen molar-refractivity contribution in [2.75, 3.05) is 5.73 Å². The normalized spacial score (nSPS) is 14.7. The van der Waals surface area contributed by atoms with Crippen LogP contribution in [0, 0.1) is 11.3 Å². The first-order valence-corrected chi connectivity index (χ1v) is 5.60. The molecule has 2 N–H and O–H groups in total. The molecule has 0 spiro atoms. The van der Waals surface area contributed by atoms with Crippen LogP contribution in [0.2, 0.25) is 10.0 Å². The molecule has 0 fully saturated rings. The van der Waals surface area contributed by atoms with Crippen molar-refractivity contribution < 1.29 is 8.22 Å². The molecule has 2 aromatic rings. The van der Waals surface area contributed by atoms with Crippen molar-refractivity contribution in [1.29, 1.82) is 5.26 Å². The Labute approximate surface area is 124 Å². The van der Waals surface area contributed by atoms with Gasteiger partial charge in [0.2, 0.25) is 0 Å². The number of nitriles is 1. The van der Waals surface area contributed by atoms with E-state index < -0.39 is 6.04 Å². The molecule has 2 nitrogen and oxygen atoms in total. The molecule has 0 bridgehead atoms. The first-order valence-electron chi connectivity index (χ1n) is 7.85. The molecule has 0 atom stereocenters. The molecule has 0 aliphatic heterocycles. The molecule has 4 heteroatoms. The number of benzene rings is 2. The predicted octanol–water partition coefficient (Wildman–Crippen LogP) is 4.04. The number of nitrogens with zero attached hydrogens (tertiary/aromatic N) is 1. The molecule has 0 saturated heterocycles. The van der Waals surface area contributed by atoms with Crippen molar-refractivity contribution in [3.05, 3.63) is 63.0 Å². The van der Waals surface area contributed by atoms with Gasteiger partial charge >= 0.3 is 0 Å². The number of hydrogen-bond donors (Lipinski definition) is 1. The van der Waals surface area contributed by atoms with Gasteiger partial charge in [0, 0.05) is 15.7 Å². The smallest absolute Gasteiger partial charge is 0.0992 e. The molecule has 0 aliphatic rings. The summed E-state index contributed by atoms with van der Waals surface area (Å²) in [6, 6.07) is -0.434. The van der Waals surface area contributed by atoms with E-state index in [1.807, 2.05) is 0 Å². The quantitative estimate of drug-likeness (QED) is 0.846. The Bertz CT molecular complexity index is 850. The average Bonchev–Trinajstić information content (AvgIpc) is 2.56. The highest BCUT2D eigenvalue weighted by atomic mass is 35.5. The van der Waals surface area contributed by atoms with Gasteiger partial charge in [-0.1, -0.05) is 29.2 Å². The van der Waals surface area contributed by atoms with Crippen LogP contribution in [0.3, 0.4) is 0 Å². The van der Waals surface area contributed by atoms with Crippen molar-refractivity contribution in [3.8, 4) is 6.07 Å². The van der Waals surface area contributed by atoms with Crippen LogP contribution in [0.1, 0.15) is 24.9 Å². The van der Waals surface area contributed by atoms with Crippen LogP contribution >= 0.6 is 23.2 Å². The largest absolute Gasteiger partial charge is 0.398 e. The van der Waals surface area contributed by atoms with Gasteiger partial charge in [-0.25, -0.2) is 0 Å². The van der Waals surface area contributed by atoms with Gasteiger partial charge in [0.1, 0.15) is 0 Å². The number of anilines is 1. The van der Waals surface area contributed by atoms with Crippen molar-refractivity contribution in [1.82, 2.24) is 0 Å². The highest BCUT2D eigenvalue weighted by Gasteiger charge is 2.04. The number of halogens is 2. The fourth-order valence-electron chi connectivity index (χ4n) is 1.36. The van der Waals surface area contributed by atoms with Gasteiger partial charge in [-0.3, -0.25) is 0 Å². The molecule has 0 unspecified atom stereocenters. The summed E-state index contributed by atoms with van der Waals surface area (Å²) >= 11 is 11.8. The molecule has 0 aromatic heterocycles. The van der Waals surface area contributed by atoms with Gasteiger partial charge in [-0.2, -0.15) is 5.26 Å². The van der Waals surface area contributed by atoms with Gasteiger partial charge in [-0.05, 0) is 47.8 Å². The Morgan fingerprint density at radius 1 is 1.17 bits per heavy atom. The molecule has 0 radical (unpaired) electrons. The number of nitrogens with two attached hydrogens (primary N) is 1. The Kier molecular flexibility index (Phi) is 2.07. The summed E-state index contributed by atoms with van der Waals surface area (Å²) in [6.07, 6.45) is -0.231. The molecule has 0 heterocycles. The fourth-order valence-corrected chi connectivity index (χ4v) is 1.83. The van der Waals surface area contributed by atoms with Gasteiger partial charge in [-0.15, -0.1) is 0 Å². The maximum absolute atomic E-state index is 8.98. The van der Waals surface area contributed by atoms with E-state index >= 15 is 0 Å². The Morgan fingerprint density at radius 2 is 1.83 bits per heavy atom. The summed E-state index contributed by atoms with van der Waals surface area (Å²) < 4.78 is 47.2. The lowest BCUT2D eigenvalue weighted by atomic mass is 10.0. The molecule has 2 aromatic carbocycles. The minimum Gasteiger partial charge on any atom is -0.398 e. The van der Waals surface area contributed by atoms with E-state index in [-0.39, 0.29) is 69.1 Å². The van der Waals surface area contributed by atoms with Gasteiger partial charge in [0.05, 0.1) is 19.9 Å². The third-order valence-electron chi connectivity index (χ3n) is 2.13. The zero-order chi connectivity index (χ0) is 18.3. The zero-order valence-electron chi connectivity index (χ0n) is 15.0. The fraction of sp³-hybridized carbons (Fsp3) is 0.0714. The van der Waals surface area contributed by atoms with Crippen LogP contribution in [0.15, 0.2) is 36.3 Å². The van der Waals surface area contributed by atoms with E-state index in [0.29, 0.717) is 0 Å². The highest BCUT2D eigenvalue weighted by Crippen LogP contribution is 2.23. The van der Waals surface area contributed by atoms with E-state index in [9.17, 15) is 0 Å². The minimum absolute atomic E-state index is 0.0321. The van der Waals surface area contributed by atoms with Crippen LogP contribution in [-0.2, 0) is 6.42 Å². The molecule has 0 saturated carbocycles. The van der Waals surface area contributed by atoms with Crippen molar-refractivity contribution in [2.24, 2.45) is 0 Å². The minimum atomic E-state index is -0.445. The lowest BCUT2D eigenvalue weighted by Gasteiger charge is -2.07. The Morgan fingerprint density at radius 3 is 2.44 bits per heavy atom. The second-order valence-electron chi connectivity index (χ2n) is 3.41. The number of rotatable bonds is 2. The van der Waals surface area contributed by atoms with Crippen LogP contribution in [0.25, 0.3) is 0 Å². The molecule has 2 rings (SSSR count). The monoisotopic (exact) mass is 282 g/mol. The molecular formula is C14H10Cl2N2. The summed E-state index contributed by atoms with van der Waals surface area (Å²) in [6.45, 7) is 0. The lowest BCUT2D eigenvalue weighted by molar-refractivity contribution is 1.19. The molecule has 18 heavy (non-hydrogen) atoms. The standard InChI is InChI=1S/C14H10Cl2N2/c15-12-4-10(5-13(16)7-12)3-11-2-1-9(8-17)6-14(11)18/h1-2,4-7H,3,18H2/i1D,2D,4D,5D,6D,7D. The SMILES string of the molecule is [2H]c1c(Cl)c([2H])c(Cc2c([2H])c([2H])c(C#N)c([2H])c2N)c([2H])c1Cl. The van der Waals surface area contributed by atoms with Gasteiger partial charge in [0.25, 0.3) is 0 Å². The van der Waals surface area contributed by atoms with Crippen molar-refractivity contribution in [3.63, 3.8) is 0 Å². The maximum Gasteiger partial charge on any atom is 0.0992 e. The number of hydrogen-bond acceptors (Lipinski definition) is 2. The Balaban J connectivity index is 2.74. The second kappa shape index (κ2) is 5.30. The predicted molar refractivity (Wildman–Crippen MR) is 74.8 cm³/mol. The highest BCUT2D eigenvalue weighted by molar-refractivity contribution is 6.34. The first-order chi connectivity index (χ1) is 11.1. The van der Waals surface area contributed by atoms with Crippen LogP contribution < -0.4 is 5.73 Å². The van der Waals surface area contributed by atoms with Crippen LogP contribution in [0.4, 0.5) is 5.69 Å². The zero-order valence-corrected chi connectivity index (χ0v) is 10.5. The molecular weight excluding hydrogens is 267 g/mol. The summed E-state index contributed by atoms with van der Waals surface area (Å²) in [5.74, 6) is 0. The summed E-state index contributed by atoms with van der Waals surface area (Å²) in [4.78, 5) is 0. The molecule has 0 aliphatic carbocycles. The van der Waals surface area contributed by atoms with Crippen LogP contribution in [-0.4, -0.2) is 0 Å². The third-order valence-corrected chi connectivity index (χ3v) is 2.51. The lowest BCUT2D eigenvalue weighted by Crippen LogP contribution is -1.96. The first kappa shape index (κ1) is 7.04. The van der Waals surface area contributed by atoms with E-state index in [0.717, 1.165) is 0 Å². The third kappa shape index (κ3) is 2.95. The Hall–Kier alpha value is -1.69. The average molecular weight is 283 g/mol. The van der Waals surface area contributed by atoms with Crippen molar-refractivity contribution >= 4 is 28.9 Å². The van der Waals surface area contributed by atoms with Gasteiger partial charge < -0.3 is 5.73 Å². The van der Waals surface area contributed by atoms with Gasteiger partial charge in [0.15, 0.2) is 0 Å². The maximum atomic E-state index is 8.98. The van der Waals surface area contributed by atoms with Crippen molar-refractivity contribution in [2.45, 2.75) is 6.42 Å². The number of nitrogen functional groups attached to an aromatic ring is 1. The molecule has 90 valence electrons. The van der Waals surface area contributed by atoms with E-state index in [1.165, 1.54) is 0 Å². The van der Waals surface area contributed by atoms with E-state index in [1.54, 1.807) is 6.07 Å². The second-order valence-corrected chi connectivity index (χ2v) is 4.17.